The highest BCUT2D eigenvalue weighted by atomic mass is 32.2. The molecule has 6 nitrogen and oxygen atoms in total. The fourth-order valence-corrected chi connectivity index (χ4v) is 4.06. The van der Waals surface area contributed by atoms with Gasteiger partial charge >= 0.3 is 0 Å². The van der Waals surface area contributed by atoms with Crippen LogP contribution in [0.25, 0.3) is 6.08 Å². The molecule has 0 radical (unpaired) electrons. The number of nitrogens with one attached hydrogen (secondary N) is 1. The van der Waals surface area contributed by atoms with Crippen molar-refractivity contribution in [2.24, 2.45) is 0 Å². The van der Waals surface area contributed by atoms with Gasteiger partial charge in [0.25, 0.3) is 0 Å². The molecular weight excluding hydrogens is 362 g/mol. The summed E-state index contributed by atoms with van der Waals surface area (Å²) in [5.41, 5.74) is 1.60. The van der Waals surface area contributed by atoms with Gasteiger partial charge in [0.1, 0.15) is 0 Å². The van der Waals surface area contributed by atoms with E-state index in [0.29, 0.717) is 26.2 Å². The summed E-state index contributed by atoms with van der Waals surface area (Å²) in [4.78, 5) is 14.1. The molecule has 1 aliphatic rings. The van der Waals surface area contributed by atoms with Crippen molar-refractivity contribution in [1.82, 2.24) is 9.21 Å². The number of anilines is 1. The number of benzene rings is 2. The maximum absolute atomic E-state index is 12.5. The fraction of sp³-hybridized carbons (Fsp3) is 0.250. The van der Waals surface area contributed by atoms with Gasteiger partial charge in [-0.25, -0.2) is 8.42 Å². The molecule has 0 aromatic heterocycles. The first kappa shape index (κ1) is 19.3. The minimum absolute atomic E-state index is 0.0959. The zero-order valence-corrected chi connectivity index (χ0v) is 15.8. The Morgan fingerprint density at radius 1 is 0.926 bits per heavy atom. The molecule has 3 rings (SSSR count). The van der Waals surface area contributed by atoms with Crippen LogP contribution in [0.2, 0.25) is 0 Å². The summed E-state index contributed by atoms with van der Waals surface area (Å²) in [6.45, 7) is 2.06. The van der Waals surface area contributed by atoms with E-state index in [2.05, 4.69) is 5.32 Å². The van der Waals surface area contributed by atoms with Gasteiger partial charge in [0.15, 0.2) is 0 Å². The molecule has 0 bridgehead atoms. The van der Waals surface area contributed by atoms with Gasteiger partial charge in [0.05, 0.1) is 6.54 Å². The van der Waals surface area contributed by atoms with Crippen molar-refractivity contribution < 1.29 is 13.2 Å². The highest BCUT2D eigenvalue weighted by Crippen LogP contribution is 2.12. The van der Waals surface area contributed by atoms with Crippen LogP contribution in [-0.4, -0.2) is 56.3 Å². The lowest BCUT2D eigenvalue weighted by atomic mass is 10.2. The topological polar surface area (TPSA) is 69.7 Å². The third-order valence-electron chi connectivity index (χ3n) is 4.35. The van der Waals surface area contributed by atoms with E-state index in [1.165, 1.54) is 9.71 Å². The molecule has 142 valence electrons. The van der Waals surface area contributed by atoms with Crippen LogP contribution < -0.4 is 5.32 Å². The number of hydrogen-bond donors (Lipinski definition) is 1. The molecule has 1 aliphatic heterocycles. The van der Waals surface area contributed by atoms with E-state index < -0.39 is 10.0 Å². The predicted octanol–water partition coefficient (Wildman–Crippen LogP) is 2.24. The van der Waals surface area contributed by atoms with Gasteiger partial charge < -0.3 is 5.32 Å². The van der Waals surface area contributed by atoms with Crippen molar-refractivity contribution in [3.05, 3.63) is 71.6 Å². The first-order chi connectivity index (χ1) is 13.0. The monoisotopic (exact) mass is 385 g/mol. The third kappa shape index (κ3) is 5.75. The summed E-state index contributed by atoms with van der Waals surface area (Å²) in [6.07, 6.45) is 1.61. The summed E-state index contributed by atoms with van der Waals surface area (Å²) >= 11 is 0. The average Bonchev–Trinajstić information content (AvgIpc) is 2.68. The summed E-state index contributed by atoms with van der Waals surface area (Å²) in [6, 6.07) is 18.6. The second kappa shape index (κ2) is 8.94. The summed E-state index contributed by atoms with van der Waals surface area (Å²) in [5, 5.41) is 4.10. The van der Waals surface area contributed by atoms with Crippen molar-refractivity contribution in [3.63, 3.8) is 0 Å². The third-order valence-corrected chi connectivity index (χ3v) is 5.91. The molecule has 0 unspecified atom stereocenters. The van der Waals surface area contributed by atoms with E-state index in [9.17, 15) is 13.2 Å². The summed E-state index contributed by atoms with van der Waals surface area (Å²) in [5.74, 6) is -0.0959. The van der Waals surface area contributed by atoms with Gasteiger partial charge in [-0.1, -0.05) is 48.5 Å². The maximum Gasteiger partial charge on any atom is 0.238 e. The minimum atomic E-state index is -3.46. The van der Waals surface area contributed by atoms with Gasteiger partial charge in [-0.15, -0.1) is 0 Å². The lowest BCUT2D eigenvalue weighted by molar-refractivity contribution is -0.117. The van der Waals surface area contributed by atoms with Gasteiger partial charge in [-0.05, 0) is 23.8 Å². The molecular formula is C20H23N3O3S. The van der Waals surface area contributed by atoms with Crippen LogP contribution in [-0.2, 0) is 14.8 Å². The Kier molecular flexibility index (Phi) is 6.39. The van der Waals surface area contributed by atoms with Crippen LogP contribution in [0.5, 0.6) is 0 Å². The second-order valence-electron chi connectivity index (χ2n) is 6.35. The summed E-state index contributed by atoms with van der Waals surface area (Å²) in [7, 11) is -3.46. The predicted molar refractivity (Wildman–Crippen MR) is 107 cm³/mol. The van der Waals surface area contributed by atoms with E-state index in [1.807, 2.05) is 65.6 Å². The number of sulfonamides is 1. The quantitative estimate of drug-likeness (QED) is 0.828. The Labute approximate surface area is 160 Å². The molecule has 2 aromatic rings. The SMILES string of the molecule is O=C(CN1CCN(S(=O)(=O)C=Cc2ccccc2)CC1)Nc1ccccc1. The molecule has 0 saturated carbocycles. The molecule has 1 heterocycles. The molecule has 0 aliphatic carbocycles. The van der Waals surface area contributed by atoms with Gasteiger partial charge in [-0.3, -0.25) is 9.69 Å². The molecule has 0 spiro atoms. The number of carbonyl (C=O) groups excluding carboxylic acids is 1. The molecule has 27 heavy (non-hydrogen) atoms. The number of amides is 1. The van der Waals surface area contributed by atoms with Crippen molar-refractivity contribution >= 4 is 27.7 Å². The number of para-hydroxylation sites is 1. The lowest BCUT2D eigenvalue weighted by Gasteiger charge is -2.32. The first-order valence-electron chi connectivity index (χ1n) is 8.83. The second-order valence-corrected chi connectivity index (χ2v) is 8.17. The number of nitrogens with zero attached hydrogens (tertiary/aromatic N) is 2. The zero-order chi connectivity index (χ0) is 19.1. The number of piperazine rings is 1. The molecule has 1 N–H and O–H groups in total. The highest BCUT2D eigenvalue weighted by Gasteiger charge is 2.25. The van der Waals surface area contributed by atoms with E-state index in [-0.39, 0.29) is 12.5 Å². The van der Waals surface area contributed by atoms with Crippen molar-refractivity contribution in [3.8, 4) is 0 Å². The normalized spacial score (nSPS) is 16.4. The Balaban J connectivity index is 1.49. The molecule has 1 fully saturated rings. The average molecular weight is 385 g/mol. The molecule has 1 saturated heterocycles. The largest absolute Gasteiger partial charge is 0.325 e. The Morgan fingerprint density at radius 3 is 2.15 bits per heavy atom. The van der Waals surface area contributed by atoms with E-state index in [1.54, 1.807) is 6.08 Å². The number of hydrogen-bond acceptors (Lipinski definition) is 4. The molecule has 2 aromatic carbocycles. The van der Waals surface area contributed by atoms with Crippen LogP contribution >= 0.6 is 0 Å². The van der Waals surface area contributed by atoms with Crippen molar-refractivity contribution in [2.75, 3.05) is 38.0 Å². The first-order valence-corrected chi connectivity index (χ1v) is 10.3. The van der Waals surface area contributed by atoms with E-state index in [4.69, 9.17) is 0 Å². The van der Waals surface area contributed by atoms with E-state index >= 15 is 0 Å². The smallest absolute Gasteiger partial charge is 0.238 e. The van der Waals surface area contributed by atoms with Crippen LogP contribution in [0, 0.1) is 0 Å². The van der Waals surface area contributed by atoms with E-state index in [0.717, 1.165) is 11.3 Å². The Hall–Kier alpha value is -2.48. The fourth-order valence-electron chi connectivity index (χ4n) is 2.88. The standard InChI is InChI=1S/C20H23N3O3S/c24-20(21-19-9-5-2-6-10-19)17-22-12-14-23(15-13-22)27(25,26)16-11-18-7-3-1-4-8-18/h1-11,16H,12-15,17H2,(H,21,24). The minimum Gasteiger partial charge on any atom is -0.325 e. The highest BCUT2D eigenvalue weighted by molar-refractivity contribution is 7.92. The Bertz CT molecular complexity index is 875. The van der Waals surface area contributed by atoms with Crippen LogP contribution in [0.3, 0.4) is 0 Å². The Morgan fingerprint density at radius 2 is 1.52 bits per heavy atom. The van der Waals surface area contributed by atoms with Crippen molar-refractivity contribution in [1.29, 1.82) is 0 Å². The lowest BCUT2D eigenvalue weighted by Crippen LogP contribution is -2.49. The number of rotatable bonds is 6. The van der Waals surface area contributed by atoms with Crippen LogP contribution in [0.15, 0.2) is 66.1 Å². The van der Waals surface area contributed by atoms with Gasteiger partial charge in [0, 0.05) is 37.3 Å². The maximum atomic E-state index is 12.5. The van der Waals surface area contributed by atoms with Crippen LogP contribution in [0.1, 0.15) is 5.56 Å². The zero-order valence-electron chi connectivity index (χ0n) is 15.0. The molecule has 1 amide bonds. The van der Waals surface area contributed by atoms with Gasteiger partial charge in [0.2, 0.25) is 15.9 Å². The molecule has 0 atom stereocenters. The summed E-state index contributed by atoms with van der Waals surface area (Å²) < 4.78 is 26.4. The number of carbonyl (C=O) groups is 1. The van der Waals surface area contributed by atoms with Crippen LogP contribution in [0.4, 0.5) is 5.69 Å². The van der Waals surface area contributed by atoms with Gasteiger partial charge in [-0.2, -0.15) is 4.31 Å². The molecule has 7 heteroatoms. The van der Waals surface area contributed by atoms with Crippen molar-refractivity contribution in [2.45, 2.75) is 0 Å².